The van der Waals surface area contributed by atoms with E-state index in [0.717, 1.165) is 41.0 Å². The number of likely N-dealkylation sites (N-methyl/N-ethyl adjacent to an activating group) is 1. The molecule has 5 rings (SSSR count). The average molecular weight is 661 g/mol. The van der Waals surface area contributed by atoms with Crippen LogP contribution < -0.4 is 15.4 Å². The first-order chi connectivity index (χ1) is 22.9. The van der Waals surface area contributed by atoms with Gasteiger partial charge >= 0.3 is 12.2 Å². The Morgan fingerprint density at radius 2 is 1.58 bits per heavy atom. The molecular weight excluding hydrogens is 621 g/mol. The van der Waals surface area contributed by atoms with Gasteiger partial charge in [-0.05, 0) is 73.1 Å². The predicted molar refractivity (Wildman–Crippen MR) is 180 cm³/mol. The van der Waals surface area contributed by atoms with Gasteiger partial charge in [0.15, 0.2) is 0 Å². The van der Waals surface area contributed by atoms with Gasteiger partial charge in [0.05, 0.1) is 23.8 Å². The number of aliphatic hydroxyl groups excluding tert-OH is 1. The molecule has 0 saturated heterocycles. The van der Waals surface area contributed by atoms with Crippen LogP contribution in [0.2, 0.25) is 0 Å². The maximum Gasteiger partial charge on any atom is 0.416 e. The zero-order valence-corrected chi connectivity index (χ0v) is 27.0. The quantitative estimate of drug-likeness (QED) is 0.174. The second kappa shape index (κ2) is 14.9. The van der Waals surface area contributed by atoms with E-state index in [-0.39, 0.29) is 41.5 Å². The summed E-state index contributed by atoms with van der Waals surface area (Å²) in [5.74, 6) is -0.0807. The Balaban J connectivity index is 1.30. The van der Waals surface area contributed by atoms with E-state index < -0.39 is 23.8 Å². The van der Waals surface area contributed by atoms with Crippen molar-refractivity contribution in [3.05, 3.63) is 114 Å². The molecule has 48 heavy (non-hydrogen) atoms. The molecule has 0 bridgehead atoms. The number of anilines is 2. The lowest BCUT2D eigenvalue weighted by Crippen LogP contribution is -2.49. The van der Waals surface area contributed by atoms with Gasteiger partial charge in [-0.15, -0.1) is 0 Å². The minimum Gasteiger partial charge on any atom is -0.488 e. The van der Waals surface area contributed by atoms with Crippen molar-refractivity contribution in [3.63, 3.8) is 0 Å². The summed E-state index contributed by atoms with van der Waals surface area (Å²) in [5, 5.41) is 15.1. The maximum atomic E-state index is 13.8. The molecular formula is C37H39F3N4O4. The van der Waals surface area contributed by atoms with Gasteiger partial charge in [-0.25, -0.2) is 4.79 Å². The highest BCUT2D eigenvalue weighted by atomic mass is 19.4. The standard InChI is InChI=1S/C37H39F3N4O4/c1-24-20-44(25(2)23-45)35(46)32-19-31(42-36(47)41-30-15-13-29(14-16-30)37(38,39)40)17-18-33(32)48-34(24)22-43(3)21-26-9-11-28(12-10-26)27-7-5-4-6-8-27/h4-19,24-25,34,45H,20-23H2,1-3H3,(H2,41,42,47)/t24-,25+,34-/m1/s1. The molecule has 3 amide bonds. The van der Waals surface area contributed by atoms with E-state index in [1.165, 1.54) is 6.07 Å². The van der Waals surface area contributed by atoms with Crippen LogP contribution in [0, 0.1) is 5.92 Å². The number of nitrogens with zero attached hydrogens (tertiary/aromatic N) is 2. The number of halogens is 3. The molecule has 1 aliphatic rings. The Labute approximate surface area is 278 Å². The van der Waals surface area contributed by atoms with Crippen molar-refractivity contribution in [1.82, 2.24) is 9.80 Å². The third kappa shape index (κ3) is 8.53. The first-order valence-corrected chi connectivity index (χ1v) is 15.7. The van der Waals surface area contributed by atoms with E-state index in [2.05, 4.69) is 51.9 Å². The van der Waals surface area contributed by atoms with Gasteiger partial charge in [-0.3, -0.25) is 9.69 Å². The van der Waals surface area contributed by atoms with E-state index in [9.17, 15) is 27.9 Å². The van der Waals surface area contributed by atoms with Crippen LogP contribution >= 0.6 is 0 Å². The third-order valence-corrected chi connectivity index (χ3v) is 8.40. The number of carbonyl (C=O) groups excluding carboxylic acids is 2. The highest BCUT2D eigenvalue weighted by molar-refractivity contribution is 6.02. The normalized spacial score (nSPS) is 17.2. The number of carbonyl (C=O) groups is 2. The summed E-state index contributed by atoms with van der Waals surface area (Å²) in [7, 11) is 2.02. The zero-order chi connectivity index (χ0) is 34.4. The molecule has 3 N–H and O–H groups in total. The summed E-state index contributed by atoms with van der Waals surface area (Å²) < 4.78 is 45.2. The maximum absolute atomic E-state index is 13.8. The van der Waals surface area contributed by atoms with E-state index in [1.807, 2.05) is 32.2 Å². The average Bonchev–Trinajstić information content (AvgIpc) is 3.06. The Morgan fingerprint density at radius 1 is 0.958 bits per heavy atom. The summed E-state index contributed by atoms with van der Waals surface area (Å²) in [6.07, 6.45) is -4.79. The predicted octanol–water partition coefficient (Wildman–Crippen LogP) is 7.37. The number of benzene rings is 4. The first-order valence-electron chi connectivity index (χ1n) is 15.7. The Morgan fingerprint density at radius 3 is 2.23 bits per heavy atom. The van der Waals surface area contributed by atoms with Crippen molar-refractivity contribution in [2.45, 2.75) is 38.7 Å². The van der Waals surface area contributed by atoms with Crippen molar-refractivity contribution in [2.75, 3.05) is 37.4 Å². The fourth-order valence-electron chi connectivity index (χ4n) is 5.67. The van der Waals surface area contributed by atoms with Gasteiger partial charge in [0, 0.05) is 36.9 Å². The molecule has 4 aromatic carbocycles. The van der Waals surface area contributed by atoms with Crippen LogP contribution in [0.4, 0.5) is 29.3 Å². The molecule has 1 heterocycles. The molecule has 0 aliphatic carbocycles. The zero-order valence-electron chi connectivity index (χ0n) is 27.0. The molecule has 0 spiro atoms. The first kappa shape index (κ1) is 34.5. The number of nitrogens with one attached hydrogen (secondary N) is 2. The van der Waals surface area contributed by atoms with Crippen LogP contribution in [0.25, 0.3) is 11.1 Å². The highest BCUT2D eigenvalue weighted by Crippen LogP contribution is 2.32. The molecule has 1 aliphatic heterocycles. The fraction of sp³-hybridized carbons (Fsp3) is 0.297. The lowest BCUT2D eigenvalue weighted by atomic mass is 9.99. The number of aliphatic hydroxyl groups is 1. The number of hydrogen-bond acceptors (Lipinski definition) is 5. The molecule has 0 radical (unpaired) electrons. The van der Waals surface area contributed by atoms with Crippen molar-refractivity contribution in [1.29, 1.82) is 0 Å². The number of amides is 3. The topological polar surface area (TPSA) is 94.1 Å². The lowest BCUT2D eigenvalue weighted by molar-refractivity contribution is -0.137. The number of urea groups is 1. The molecule has 252 valence electrons. The van der Waals surface area contributed by atoms with Crippen molar-refractivity contribution in [3.8, 4) is 16.9 Å². The van der Waals surface area contributed by atoms with Gasteiger partial charge in [0.25, 0.3) is 5.91 Å². The van der Waals surface area contributed by atoms with Gasteiger partial charge in [-0.2, -0.15) is 13.2 Å². The summed E-state index contributed by atoms with van der Waals surface area (Å²) in [5.41, 5.74) is 3.29. The fourth-order valence-corrected chi connectivity index (χ4v) is 5.67. The second-order valence-electron chi connectivity index (χ2n) is 12.2. The van der Waals surface area contributed by atoms with E-state index in [4.69, 9.17) is 4.74 Å². The molecule has 3 atom stereocenters. The van der Waals surface area contributed by atoms with Gasteiger partial charge in [-0.1, -0.05) is 61.5 Å². The molecule has 0 fully saturated rings. The van der Waals surface area contributed by atoms with E-state index in [0.29, 0.717) is 25.4 Å². The third-order valence-electron chi connectivity index (χ3n) is 8.40. The van der Waals surface area contributed by atoms with Crippen LogP contribution in [0.15, 0.2) is 97.1 Å². The second-order valence-corrected chi connectivity index (χ2v) is 12.2. The van der Waals surface area contributed by atoms with Gasteiger partial charge in [0.2, 0.25) is 0 Å². The Kier molecular flexibility index (Phi) is 10.7. The summed E-state index contributed by atoms with van der Waals surface area (Å²) in [6.45, 7) is 5.14. The van der Waals surface area contributed by atoms with Crippen LogP contribution in [0.3, 0.4) is 0 Å². The van der Waals surface area contributed by atoms with Crippen LogP contribution in [0.5, 0.6) is 5.75 Å². The minimum atomic E-state index is -4.49. The molecule has 8 nitrogen and oxygen atoms in total. The summed E-state index contributed by atoms with van der Waals surface area (Å²) in [4.78, 5) is 30.3. The van der Waals surface area contributed by atoms with Crippen molar-refractivity contribution in [2.24, 2.45) is 5.92 Å². The van der Waals surface area contributed by atoms with Gasteiger partial charge in [0.1, 0.15) is 11.9 Å². The molecule has 4 aromatic rings. The smallest absolute Gasteiger partial charge is 0.416 e. The van der Waals surface area contributed by atoms with Gasteiger partial charge < -0.3 is 25.4 Å². The molecule has 0 unspecified atom stereocenters. The molecule has 11 heteroatoms. The molecule has 0 saturated carbocycles. The Bertz CT molecular complexity index is 1700. The minimum absolute atomic E-state index is 0.0775. The van der Waals surface area contributed by atoms with E-state index >= 15 is 0 Å². The summed E-state index contributed by atoms with van der Waals surface area (Å²) >= 11 is 0. The highest BCUT2D eigenvalue weighted by Gasteiger charge is 2.34. The number of fused-ring (bicyclic) bond motifs is 1. The van der Waals surface area contributed by atoms with E-state index in [1.54, 1.807) is 24.0 Å². The monoisotopic (exact) mass is 660 g/mol. The number of rotatable bonds is 9. The lowest BCUT2D eigenvalue weighted by Gasteiger charge is -2.38. The number of hydrogen-bond donors (Lipinski definition) is 3. The van der Waals surface area contributed by atoms with Crippen LogP contribution in [0.1, 0.15) is 35.3 Å². The largest absolute Gasteiger partial charge is 0.488 e. The number of ether oxygens (including phenoxy) is 1. The van der Waals surface area contributed by atoms with Crippen molar-refractivity contribution < 1.29 is 32.6 Å². The van der Waals surface area contributed by atoms with Crippen LogP contribution in [-0.2, 0) is 12.7 Å². The molecule has 0 aromatic heterocycles. The SMILES string of the molecule is C[C@@H]1CN([C@@H](C)CO)C(=O)c2cc(NC(=O)Nc3ccc(C(F)(F)F)cc3)ccc2O[C@@H]1CN(C)Cc1ccc(-c2ccccc2)cc1. The summed E-state index contributed by atoms with van der Waals surface area (Å²) in [6, 6.07) is 26.3. The Hall–Kier alpha value is -4.87. The number of alkyl halides is 3. The van der Waals surface area contributed by atoms with Crippen molar-refractivity contribution >= 4 is 23.3 Å². The van der Waals surface area contributed by atoms with Crippen LogP contribution in [-0.4, -0.2) is 65.7 Å².